The van der Waals surface area contributed by atoms with Crippen LogP contribution in [-0.4, -0.2) is 71.3 Å². The van der Waals surface area contributed by atoms with Crippen molar-refractivity contribution in [1.29, 1.82) is 0 Å². The Hall–Kier alpha value is -2.57. The number of rotatable bonds is 3. The van der Waals surface area contributed by atoms with Gasteiger partial charge in [-0.05, 0) is 26.0 Å². The number of hydrogen-bond acceptors (Lipinski definition) is 3. The van der Waals surface area contributed by atoms with Gasteiger partial charge >= 0.3 is 6.03 Å². The molecule has 7 nitrogen and oxygen atoms in total. The van der Waals surface area contributed by atoms with Crippen molar-refractivity contribution in [3.05, 3.63) is 30.3 Å². The van der Waals surface area contributed by atoms with Crippen LogP contribution in [0.2, 0.25) is 0 Å². The summed E-state index contributed by atoms with van der Waals surface area (Å²) in [5, 5.41) is 2.87. The molecule has 2 aliphatic heterocycles. The number of para-hydroxylation sites is 1. The molecular formula is C19H26N4O3. The molecule has 2 heterocycles. The lowest BCUT2D eigenvalue weighted by molar-refractivity contribution is -0.137. The van der Waals surface area contributed by atoms with Crippen molar-refractivity contribution in [3.8, 4) is 0 Å². The molecule has 4 amide bonds. The molecule has 0 aliphatic carbocycles. The van der Waals surface area contributed by atoms with Crippen molar-refractivity contribution >= 4 is 23.5 Å². The molecule has 0 spiro atoms. The zero-order valence-electron chi connectivity index (χ0n) is 15.4. The van der Waals surface area contributed by atoms with Crippen LogP contribution in [0.4, 0.5) is 10.5 Å². The molecule has 2 fully saturated rings. The van der Waals surface area contributed by atoms with Crippen LogP contribution in [0.3, 0.4) is 0 Å². The van der Waals surface area contributed by atoms with Crippen molar-refractivity contribution in [1.82, 2.24) is 14.7 Å². The molecule has 1 aromatic carbocycles. The Morgan fingerprint density at radius 1 is 1.04 bits per heavy atom. The van der Waals surface area contributed by atoms with E-state index in [0.717, 1.165) is 5.69 Å². The van der Waals surface area contributed by atoms with Crippen LogP contribution in [0, 0.1) is 5.92 Å². The fraction of sp³-hybridized carbons (Fsp3) is 0.526. The predicted molar refractivity (Wildman–Crippen MR) is 98.6 cm³/mol. The van der Waals surface area contributed by atoms with Gasteiger partial charge in [0.15, 0.2) is 0 Å². The minimum Gasteiger partial charge on any atom is -0.339 e. The highest BCUT2D eigenvalue weighted by molar-refractivity contribution is 5.91. The molecule has 2 saturated heterocycles. The molecule has 0 saturated carbocycles. The minimum atomic E-state index is -0.255. The summed E-state index contributed by atoms with van der Waals surface area (Å²) < 4.78 is 0. The number of anilines is 1. The second kappa shape index (κ2) is 7.76. The normalized spacial score (nSPS) is 20.7. The molecule has 2 aliphatic rings. The largest absolute Gasteiger partial charge is 0.339 e. The number of nitrogens with zero attached hydrogens (tertiary/aromatic N) is 3. The van der Waals surface area contributed by atoms with Gasteiger partial charge in [-0.25, -0.2) is 4.79 Å². The van der Waals surface area contributed by atoms with Gasteiger partial charge in [-0.3, -0.25) is 9.59 Å². The van der Waals surface area contributed by atoms with E-state index in [1.54, 1.807) is 14.7 Å². The van der Waals surface area contributed by atoms with Crippen LogP contribution < -0.4 is 5.32 Å². The van der Waals surface area contributed by atoms with Gasteiger partial charge < -0.3 is 20.0 Å². The molecule has 0 radical (unpaired) electrons. The van der Waals surface area contributed by atoms with Crippen LogP contribution in [-0.2, 0) is 9.59 Å². The number of urea groups is 1. The first-order valence-electron chi connectivity index (χ1n) is 9.15. The second-order valence-electron chi connectivity index (χ2n) is 7.15. The van der Waals surface area contributed by atoms with Gasteiger partial charge in [0.25, 0.3) is 0 Å². The number of likely N-dealkylation sites (tertiary alicyclic amines) is 1. The summed E-state index contributed by atoms with van der Waals surface area (Å²) in [5.74, 6) is -0.168. The van der Waals surface area contributed by atoms with Crippen molar-refractivity contribution in [2.45, 2.75) is 26.3 Å². The first kappa shape index (κ1) is 18.2. The fourth-order valence-electron chi connectivity index (χ4n) is 3.51. The van der Waals surface area contributed by atoms with Gasteiger partial charge in [0.1, 0.15) is 0 Å². The van der Waals surface area contributed by atoms with E-state index in [2.05, 4.69) is 5.32 Å². The molecule has 140 valence electrons. The third kappa shape index (κ3) is 3.98. The zero-order chi connectivity index (χ0) is 18.7. The van der Waals surface area contributed by atoms with Crippen LogP contribution >= 0.6 is 0 Å². The number of carbonyl (C=O) groups is 3. The van der Waals surface area contributed by atoms with Gasteiger partial charge in [-0.15, -0.1) is 0 Å². The number of amides is 4. The summed E-state index contributed by atoms with van der Waals surface area (Å²) in [6.45, 7) is 6.45. The van der Waals surface area contributed by atoms with Crippen LogP contribution in [0.1, 0.15) is 20.3 Å². The second-order valence-corrected chi connectivity index (χ2v) is 7.15. The average Bonchev–Trinajstić information content (AvgIpc) is 3.04. The molecule has 1 unspecified atom stereocenters. The van der Waals surface area contributed by atoms with Gasteiger partial charge in [0.2, 0.25) is 11.8 Å². The molecule has 3 rings (SSSR count). The number of nitrogens with one attached hydrogen (secondary N) is 1. The molecule has 0 bridgehead atoms. The van der Waals surface area contributed by atoms with Crippen LogP contribution in [0.15, 0.2) is 30.3 Å². The monoisotopic (exact) mass is 358 g/mol. The average molecular weight is 358 g/mol. The summed E-state index contributed by atoms with van der Waals surface area (Å²) in [5.41, 5.74) is 0.759. The van der Waals surface area contributed by atoms with E-state index in [4.69, 9.17) is 0 Å². The number of carbonyl (C=O) groups excluding carboxylic acids is 3. The van der Waals surface area contributed by atoms with E-state index >= 15 is 0 Å². The summed E-state index contributed by atoms with van der Waals surface area (Å²) in [6, 6.07) is 9.30. The Labute approximate surface area is 153 Å². The van der Waals surface area contributed by atoms with Crippen LogP contribution in [0.5, 0.6) is 0 Å². The summed E-state index contributed by atoms with van der Waals surface area (Å²) >= 11 is 0. The maximum absolute atomic E-state index is 12.7. The highest BCUT2D eigenvalue weighted by Gasteiger charge is 2.38. The van der Waals surface area contributed by atoms with E-state index < -0.39 is 0 Å². The topological polar surface area (TPSA) is 73.0 Å². The lowest BCUT2D eigenvalue weighted by atomic mass is 10.1. The highest BCUT2D eigenvalue weighted by atomic mass is 16.2. The van der Waals surface area contributed by atoms with Crippen molar-refractivity contribution in [2.75, 3.05) is 38.0 Å². The Morgan fingerprint density at radius 3 is 2.23 bits per heavy atom. The minimum absolute atomic E-state index is 0.0321. The SMILES string of the molecule is CC(C)N1CC(C(=O)N2CCN(C(=O)Nc3ccccc3)CC2)CC1=O. The summed E-state index contributed by atoms with van der Waals surface area (Å²) in [4.78, 5) is 42.3. The number of benzene rings is 1. The van der Waals surface area contributed by atoms with Gasteiger partial charge in [0, 0.05) is 50.9 Å². The van der Waals surface area contributed by atoms with E-state index in [-0.39, 0.29) is 29.8 Å². The van der Waals surface area contributed by atoms with E-state index in [1.165, 1.54) is 0 Å². The maximum atomic E-state index is 12.7. The number of piperazine rings is 1. The van der Waals surface area contributed by atoms with Gasteiger partial charge in [-0.1, -0.05) is 18.2 Å². The van der Waals surface area contributed by atoms with E-state index in [9.17, 15) is 14.4 Å². The predicted octanol–water partition coefficient (Wildman–Crippen LogP) is 1.62. The zero-order valence-corrected chi connectivity index (χ0v) is 15.4. The fourth-order valence-corrected chi connectivity index (χ4v) is 3.51. The molecule has 0 aromatic heterocycles. The molecule has 1 atom stereocenters. The quantitative estimate of drug-likeness (QED) is 0.892. The van der Waals surface area contributed by atoms with Gasteiger partial charge in [-0.2, -0.15) is 0 Å². The Kier molecular flexibility index (Phi) is 5.44. The molecule has 26 heavy (non-hydrogen) atoms. The van der Waals surface area contributed by atoms with E-state index in [1.807, 2.05) is 44.2 Å². The first-order valence-corrected chi connectivity index (χ1v) is 9.15. The summed E-state index contributed by atoms with van der Waals surface area (Å²) in [7, 11) is 0. The van der Waals surface area contributed by atoms with E-state index in [0.29, 0.717) is 39.1 Å². The standard InChI is InChI=1S/C19H26N4O3/c1-14(2)23-13-15(12-17(23)24)18(25)21-8-10-22(11-9-21)19(26)20-16-6-4-3-5-7-16/h3-7,14-15H,8-13H2,1-2H3,(H,20,26). The Bertz CT molecular complexity index is 669. The molecular weight excluding hydrogens is 332 g/mol. The Balaban J connectivity index is 1.50. The lowest BCUT2D eigenvalue weighted by Crippen LogP contribution is -2.53. The Morgan fingerprint density at radius 2 is 1.65 bits per heavy atom. The highest BCUT2D eigenvalue weighted by Crippen LogP contribution is 2.22. The molecule has 1 aromatic rings. The molecule has 1 N–H and O–H groups in total. The summed E-state index contributed by atoms with van der Waals surface area (Å²) in [6.07, 6.45) is 0.297. The van der Waals surface area contributed by atoms with Gasteiger partial charge in [0.05, 0.1) is 5.92 Å². The van der Waals surface area contributed by atoms with Crippen molar-refractivity contribution < 1.29 is 14.4 Å². The first-order chi connectivity index (χ1) is 12.5. The van der Waals surface area contributed by atoms with Crippen molar-refractivity contribution in [2.24, 2.45) is 5.92 Å². The molecule has 7 heteroatoms. The third-order valence-electron chi connectivity index (χ3n) is 5.03. The van der Waals surface area contributed by atoms with Crippen molar-refractivity contribution in [3.63, 3.8) is 0 Å². The number of hydrogen-bond donors (Lipinski definition) is 1. The third-order valence-corrected chi connectivity index (χ3v) is 5.03. The smallest absolute Gasteiger partial charge is 0.321 e. The maximum Gasteiger partial charge on any atom is 0.321 e. The lowest BCUT2D eigenvalue weighted by Gasteiger charge is -2.35. The van der Waals surface area contributed by atoms with Crippen LogP contribution in [0.25, 0.3) is 0 Å².